The van der Waals surface area contributed by atoms with Gasteiger partial charge >= 0.3 is 12.0 Å². The number of amides is 2. The monoisotopic (exact) mass is 492 g/mol. The summed E-state index contributed by atoms with van der Waals surface area (Å²) in [4.78, 5) is 25.1. The van der Waals surface area contributed by atoms with Gasteiger partial charge in [0.1, 0.15) is 6.61 Å². The van der Waals surface area contributed by atoms with Gasteiger partial charge in [-0.3, -0.25) is 0 Å². The smallest absolute Gasteiger partial charge is 0.338 e. The minimum absolute atomic E-state index is 0.253. The van der Waals surface area contributed by atoms with Gasteiger partial charge in [-0.1, -0.05) is 42.3 Å². The van der Waals surface area contributed by atoms with Gasteiger partial charge in [-0.15, -0.1) is 0 Å². The number of carbonyl (C=O) groups excluding carboxylic acids is 2. The molecule has 33 heavy (non-hydrogen) atoms. The summed E-state index contributed by atoms with van der Waals surface area (Å²) in [5.74, 6) is 0.465. The second-order valence-corrected chi connectivity index (χ2v) is 8.49. The summed E-state index contributed by atoms with van der Waals surface area (Å²) in [6, 6.07) is 9.42. The molecule has 7 nitrogen and oxygen atoms in total. The number of carbonyl (C=O) groups is 2. The lowest BCUT2D eigenvalue weighted by molar-refractivity contribution is -0.143. The van der Waals surface area contributed by atoms with Gasteiger partial charge < -0.3 is 24.8 Å². The van der Waals surface area contributed by atoms with Crippen molar-refractivity contribution in [2.75, 3.05) is 7.11 Å². The molecule has 0 aromatic heterocycles. The topological polar surface area (TPSA) is 85.9 Å². The van der Waals surface area contributed by atoms with Crippen LogP contribution < -0.4 is 20.1 Å². The highest BCUT2D eigenvalue weighted by atomic mass is 35.5. The predicted octanol–water partition coefficient (Wildman–Crippen LogP) is 5.55. The van der Waals surface area contributed by atoms with Crippen molar-refractivity contribution in [3.8, 4) is 11.5 Å². The van der Waals surface area contributed by atoms with E-state index in [1.807, 2.05) is 13.0 Å². The molecule has 0 fully saturated rings. The van der Waals surface area contributed by atoms with Crippen molar-refractivity contribution in [2.45, 2.75) is 45.9 Å². The zero-order valence-corrected chi connectivity index (χ0v) is 20.3. The molecule has 3 rings (SSSR count). The van der Waals surface area contributed by atoms with E-state index in [-0.39, 0.29) is 12.7 Å². The minimum Gasteiger partial charge on any atom is -0.493 e. The van der Waals surface area contributed by atoms with Crippen molar-refractivity contribution in [3.05, 3.63) is 68.8 Å². The number of esters is 1. The standard InChI is InChI=1S/C24H26Cl2N2O5/c1-5-18-21(23(29)33-13(2)3)22(28-24(30)27-18)15-7-9-19(20(11-15)31-4)32-12-14-6-8-16(25)17(26)10-14/h6-11,13,22H,5,12H2,1-4H3,(H2,27,28,30). The summed E-state index contributed by atoms with van der Waals surface area (Å²) in [5.41, 5.74) is 2.38. The number of nitrogens with one attached hydrogen (secondary N) is 2. The van der Waals surface area contributed by atoms with Crippen LogP contribution in [0, 0.1) is 0 Å². The van der Waals surface area contributed by atoms with Crippen LogP contribution in [0.1, 0.15) is 44.4 Å². The zero-order valence-electron chi connectivity index (χ0n) is 18.8. The van der Waals surface area contributed by atoms with Crippen molar-refractivity contribution < 1.29 is 23.8 Å². The fraction of sp³-hybridized carbons (Fsp3) is 0.333. The van der Waals surface area contributed by atoms with Crippen LogP contribution in [0.5, 0.6) is 11.5 Å². The number of rotatable bonds is 8. The van der Waals surface area contributed by atoms with E-state index in [2.05, 4.69) is 10.6 Å². The number of urea groups is 1. The predicted molar refractivity (Wildman–Crippen MR) is 127 cm³/mol. The Hall–Kier alpha value is -2.90. The average Bonchev–Trinajstić information content (AvgIpc) is 2.78. The van der Waals surface area contributed by atoms with Crippen LogP contribution in [0.4, 0.5) is 4.79 Å². The highest BCUT2D eigenvalue weighted by molar-refractivity contribution is 6.42. The Kier molecular flexibility index (Phi) is 8.10. The largest absolute Gasteiger partial charge is 0.493 e. The quantitative estimate of drug-likeness (QED) is 0.471. The SMILES string of the molecule is CCC1=C(C(=O)OC(C)C)C(c2ccc(OCc3ccc(Cl)c(Cl)c3)c(OC)c2)NC(=O)N1. The molecule has 0 radical (unpaired) electrons. The molecule has 0 saturated heterocycles. The van der Waals surface area contributed by atoms with E-state index in [0.29, 0.717) is 44.8 Å². The molecule has 176 valence electrons. The van der Waals surface area contributed by atoms with E-state index >= 15 is 0 Å². The molecule has 9 heteroatoms. The highest BCUT2D eigenvalue weighted by Gasteiger charge is 2.34. The van der Waals surface area contributed by atoms with E-state index in [9.17, 15) is 9.59 Å². The van der Waals surface area contributed by atoms with Crippen molar-refractivity contribution in [2.24, 2.45) is 0 Å². The van der Waals surface area contributed by atoms with Crippen LogP contribution in [0.15, 0.2) is 47.7 Å². The van der Waals surface area contributed by atoms with Crippen LogP contribution in [0.3, 0.4) is 0 Å². The van der Waals surface area contributed by atoms with Gasteiger partial charge in [0, 0.05) is 5.70 Å². The van der Waals surface area contributed by atoms with Crippen LogP contribution in [0.25, 0.3) is 0 Å². The summed E-state index contributed by atoms with van der Waals surface area (Å²) in [6.45, 7) is 5.66. The third-order valence-corrected chi connectivity index (χ3v) is 5.71. The van der Waals surface area contributed by atoms with Gasteiger partial charge in [0.2, 0.25) is 0 Å². The fourth-order valence-electron chi connectivity index (χ4n) is 3.44. The lowest BCUT2D eigenvalue weighted by Gasteiger charge is -2.30. The lowest BCUT2D eigenvalue weighted by Crippen LogP contribution is -2.46. The maximum Gasteiger partial charge on any atom is 0.338 e. The van der Waals surface area contributed by atoms with Gasteiger partial charge in [-0.25, -0.2) is 9.59 Å². The Labute approximate surface area is 203 Å². The molecule has 2 N–H and O–H groups in total. The zero-order chi connectivity index (χ0) is 24.1. The van der Waals surface area contributed by atoms with Gasteiger partial charge in [-0.2, -0.15) is 0 Å². The molecule has 0 aliphatic carbocycles. The Bertz CT molecular complexity index is 1080. The third-order valence-electron chi connectivity index (χ3n) is 4.97. The summed E-state index contributed by atoms with van der Waals surface area (Å²) < 4.78 is 16.9. The Morgan fingerprint density at radius 2 is 1.85 bits per heavy atom. The Balaban J connectivity index is 1.90. The number of halogens is 2. The highest BCUT2D eigenvalue weighted by Crippen LogP contribution is 2.35. The molecule has 2 aromatic rings. The summed E-state index contributed by atoms with van der Waals surface area (Å²) in [6.07, 6.45) is 0.169. The second kappa shape index (κ2) is 10.8. The van der Waals surface area contributed by atoms with E-state index < -0.39 is 18.0 Å². The number of hydrogen-bond acceptors (Lipinski definition) is 5. The van der Waals surface area contributed by atoms with Crippen LogP contribution in [0.2, 0.25) is 10.0 Å². The summed E-state index contributed by atoms with van der Waals surface area (Å²) >= 11 is 12.0. The number of allylic oxidation sites excluding steroid dienone is 1. The van der Waals surface area contributed by atoms with Gasteiger partial charge in [-0.05, 0) is 55.7 Å². The average molecular weight is 493 g/mol. The van der Waals surface area contributed by atoms with Gasteiger partial charge in [0.05, 0.1) is 34.9 Å². The van der Waals surface area contributed by atoms with E-state index in [0.717, 1.165) is 5.56 Å². The maximum atomic E-state index is 12.9. The van der Waals surface area contributed by atoms with Crippen molar-refractivity contribution >= 4 is 35.2 Å². The van der Waals surface area contributed by atoms with E-state index in [1.165, 1.54) is 7.11 Å². The Morgan fingerprint density at radius 1 is 1.09 bits per heavy atom. The van der Waals surface area contributed by atoms with Crippen molar-refractivity contribution in [1.29, 1.82) is 0 Å². The molecule has 1 unspecified atom stereocenters. The fourth-order valence-corrected chi connectivity index (χ4v) is 3.76. The van der Waals surface area contributed by atoms with Crippen molar-refractivity contribution in [1.82, 2.24) is 10.6 Å². The number of benzene rings is 2. The second-order valence-electron chi connectivity index (χ2n) is 7.68. The molecule has 2 amide bonds. The Morgan fingerprint density at radius 3 is 2.48 bits per heavy atom. The van der Waals surface area contributed by atoms with Gasteiger partial charge in [0.25, 0.3) is 0 Å². The third kappa shape index (κ3) is 5.92. The number of hydrogen-bond donors (Lipinski definition) is 2. The maximum absolute atomic E-state index is 12.9. The van der Waals surface area contributed by atoms with E-state index in [4.69, 9.17) is 37.4 Å². The molecular weight excluding hydrogens is 467 g/mol. The van der Waals surface area contributed by atoms with Crippen LogP contribution in [-0.4, -0.2) is 25.2 Å². The first-order valence-electron chi connectivity index (χ1n) is 10.5. The molecule has 0 saturated carbocycles. The van der Waals surface area contributed by atoms with Crippen molar-refractivity contribution in [3.63, 3.8) is 0 Å². The molecule has 2 aromatic carbocycles. The molecule has 1 heterocycles. The molecule has 1 aliphatic rings. The number of methoxy groups -OCH3 is 1. The summed E-state index contributed by atoms with van der Waals surface area (Å²) in [5, 5.41) is 6.43. The van der Waals surface area contributed by atoms with Crippen LogP contribution in [-0.2, 0) is 16.1 Å². The van der Waals surface area contributed by atoms with E-state index in [1.54, 1.807) is 44.2 Å². The normalized spacial score (nSPS) is 15.7. The first-order valence-corrected chi connectivity index (χ1v) is 11.2. The first-order chi connectivity index (χ1) is 15.7. The molecule has 0 bridgehead atoms. The molecule has 1 aliphatic heterocycles. The minimum atomic E-state index is -0.696. The first kappa shape index (κ1) is 24.7. The molecular formula is C24H26Cl2N2O5. The van der Waals surface area contributed by atoms with Crippen LogP contribution >= 0.6 is 23.2 Å². The van der Waals surface area contributed by atoms with Gasteiger partial charge in [0.15, 0.2) is 11.5 Å². The summed E-state index contributed by atoms with van der Waals surface area (Å²) in [7, 11) is 1.52. The number of ether oxygens (including phenoxy) is 3. The molecule has 1 atom stereocenters. The lowest BCUT2D eigenvalue weighted by atomic mass is 9.94. The molecule has 0 spiro atoms.